The molecule has 1 unspecified atom stereocenters. The first-order valence-electron chi connectivity index (χ1n) is 5.19. The lowest BCUT2D eigenvalue weighted by molar-refractivity contribution is 0.108. The van der Waals surface area contributed by atoms with Crippen LogP contribution in [0.3, 0.4) is 0 Å². The molecule has 0 saturated carbocycles. The number of hydrogen-bond donors (Lipinski definition) is 3. The Balaban J connectivity index is 2.77. The number of carbonyl (C=O) groups excluding carboxylic acids is 1. The standard InChI is InChI=1S/C11H11F3N2O2S/c12-6(5-17)4-16-19-11(18)7-2-1-3-8(13)9(7)10(14)15/h1-3,6,15-17H,4-5H2. The smallest absolute Gasteiger partial charge is 0.235 e. The van der Waals surface area contributed by atoms with E-state index in [1.807, 2.05) is 0 Å². The lowest BCUT2D eigenvalue weighted by Crippen LogP contribution is -2.23. The third kappa shape index (κ3) is 4.34. The molecular weight excluding hydrogens is 281 g/mol. The van der Waals surface area contributed by atoms with Crippen molar-refractivity contribution >= 4 is 23.0 Å². The second-order valence-corrected chi connectivity index (χ2v) is 4.36. The Labute approximate surface area is 111 Å². The van der Waals surface area contributed by atoms with Crippen LogP contribution in [0.2, 0.25) is 0 Å². The van der Waals surface area contributed by atoms with Gasteiger partial charge in [-0.1, -0.05) is 6.07 Å². The average Bonchev–Trinajstić information content (AvgIpc) is 2.37. The van der Waals surface area contributed by atoms with Crippen molar-refractivity contribution < 1.29 is 23.1 Å². The topological polar surface area (TPSA) is 73.2 Å². The number of carbonyl (C=O) groups is 1. The van der Waals surface area contributed by atoms with Gasteiger partial charge in [-0.25, -0.2) is 8.78 Å². The monoisotopic (exact) mass is 292 g/mol. The van der Waals surface area contributed by atoms with Crippen molar-refractivity contribution in [3.8, 4) is 0 Å². The fraction of sp³-hybridized carbons (Fsp3) is 0.273. The lowest BCUT2D eigenvalue weighted by atomic mass is 10.1. The lowest BCUT2D eigenvalue weighted by Gasteiger charge is -2.08. The van der Waals surface area contributed by atoms with Crippen molar-refractivity contribution in [2.75, 3.05) is 13.2 Å². The van der Waals surface area contributed by atoms with E-state index in [2.05, 4.69) is 4.72 Å². The van der Waals surface area contributed by atoms with Crippen LogP contribution in [0, 0.1) is 11.2 Å². The third-order valence-corrected chi connectivity index (χ3v) is 2.84. The summed E-state index contributed by atoms with van der Waals surface area (Å²) in [5.41, 5.74) is -1.04. The quantitative estimate of drug-likeness (QED) is 0.552. The minimum atomic E-state index is -1.55. The van der Waals surface area contributed by atoms with Crippen molar-refractivity contribution in [1.29, 1.82) is 5.41 Å². The number of halogens is 3. The van der Waals surface area contributed by atoms with Gasteiger partial charge in [0.15, 0.2) is 0 Å². The Morgan fingerprint density at radius 3 is 2.79 bits per heavy atom. The van der Waals surface area contributed by atoms with Crippen LogP contribution < -0.4 is 4.72 Å². The van der Waals surface area contributed by atoms with Gasteiger partial charge in [-0.05, 0) is 24.1 Å². The van der Waals surface area contributed by atoms with Gasteiger partial charge in [0.1, 0.15) is 12.0 Å². The minimum absolute atomic E-state index is 0.287. The van der Waals surface area contributed by atoms with Crippen molar-refractivity contribution in [3.05, 3.63) is 35.1 Å². The molecule has 0 aromatic heterocycles. The fourth-order valence-electron chi connectivity index (χ4n) is 1.23. The number of nitrogens with one attached hydrogen (secondary N) is 2. The first kappa shape index (κ1) is 15.7. The Morgan fingerprint density at radius 1 is 1.53 bits per heavy atom. The highest BCUT2D eigenvalue weighted by Crippen LogP contribution is 2.19. The predicted octanol–water partition coefficient (Wildman–Crippen LogP) is 1.83. The van der Waals surface area contributed by atoms with E-state index in [-0.39, 0.29) is 12.1 Å². The zero-order valence-corrected chi connectivity index (χ0v) is 10.4. The summed E-state index contributed by atoms with van der Waals surface area (Å²) in [6, 6.07) is 3.31. The Kier molecular flexibility index (Phi) is 6.00. The van der Waals surface area contributed by atoms with Crippen molar-refractivity contribution in [1.82, 2.24) is 4.72 Å². The number of rotatable bonds is 6. The molecule has 19 heavy (non-hydrogen) atoms. The summed E-state index contributed by atoms with van der Waals surface area (Å²) >= 11 is 0.443. The molecular formula is C11H11F3N2O2S. The molecule has 0 bridgehead atoms. The van der Waals surface area contributed by atoms with Crippen LogP contribution in [0.4, 0.5) is 13.2 Å². The van der Waals surface area contributed by atoms with Crippen molar-refractivity contribution in [3.63, 3.8) is 0 Å². The van der Waals surface area contributed by atoms with Crippen LogP contribution in [-0.2, 0) is 0 Å². The first-order valence-corrected chi connectivity index (χ1v) is 6.01. The molecule has 0 heterocycles. The maximum atomic E-state index is 13.3. The molecule has 1 aromatic carbocycles. The molecule has 8 heteroatoms. The second-order valence-electron chi connectivity index (χ2n) is 3.49. The van der Waals surface area contributed by atoms with Gasteiger partial charge >= 0.3 is 0 Å². The first-order chi connectivity index (χ1) is 8.97. The van der Waals surface area contributed by atoms with E-state index in [0.29, 0.717) is 11.9 Å². The van der Waals surface area contributed by atoms with Gasteiger partial charge < -0.3 is 5.11 Å². The molecule has 0 aliphatic rings. The van der Waals surface area contributed by atoms with Crippen molar-refractivity contribution in [2.24, 2.45) is 0 Å². The number of aliphatic hydroxyl groups excluding tert-OH is 1. The molecule has 3 N–H and O–H groups in total. The van der Waals surface area contributed by atoms with E-state index < -0.39 is 35.2 Å². The molecule has 0 spiro atoms. The summed E-state index contributed by atoms with van der Waals surface area (Å²) in [6.07, 6.45) is -1.54. The van der Waals surface area contributed by atoms with E-state index in [1.54, 1.807) is 0 Å². The predicted molar refractivity (Wildman–Crippen MR) is 66.2 cm³/mol. The van der Waals surface area contributed by atoms with Crippen LogP contribution in [0.1, 0.15) is 15.9 Å². The molecule has 1 aromatic rings. The molecule has 0 aliphatic heterocycles. The molecule has 1 atom stereocenters. The van der Waals surface area contributed by atoms with Crippen LogP contribution >= 0.6 is 11.9 Å². The summed E-state index contributed by atoms with van der Waals surface area (Å²) in [5.74, 6) is -2.57. The maximum Gasteiger partial charge on any atom is 0.235 e. The number of aliphatic hydroxyl groups is 1. The zero-order valence-electron chi connectivity index (χ0n) is 9.62. The largest absolute Gasteiger partial charge is 0.393 e. The minimum Gasteiger partial charge on any atom is -0.393 e. The highest BCUT2D eigenvalue weighted by molar-refractivity contribution is 8.12. The summed E-state index contributed by atoms with van der Waals surface area (Å²) in [7, 11) is 0. The molecule has 0 fully saturated rings. The zero-order chi connectivity index (χ0) is 14.4. The van der Waals surface area contributed by atoms with E-state index in [9.17, 15) is 18.0 Å². The molecule has 1 rings (SSSR count). The Hall–Kier alpha value is -1.38. The summed E-state index contributed by atoms with van der Waals surface area (Å²) in [4.78, 5) is 11.7. The van der Waals surface area contributed by atoms with Gasteiger partial charge in [0.25, 0.3) is 0 Å². The Bertz CT molecular complexity index is 485. The van der Waals surface area contributed by atoms with E-state index in [1.165, 1.54) is 12.1 Å². The number of alkyl halides is 1. The highest BCUT2D eigenvalue weighted by Gasteiger charge is 2.19. The third-order valence-electron chi connectivity index (χ3n) is 2.12. The summed E-state index contributed by atoms with van der Waals surface area (Å²) in [6.45, 7) is -0.979. The van der Waals surface area contributed by atoms with Crippen LogP contribution in [0.5, 0.6) is 0 Å². The highest BCUT2D eigenvalue weighted by atomic mass is 32.2. The maximum absolute atomic E-state index is 13.3. The SMILES string of the molecule is N=C(F)c1c(F)cccc1C(=O)SNCC(F)CO. The Morgan fingerprint density at radius 2 is 2.21 bits per heavy atom. The van der Waals surface area contributed by atoms with Crippen LogP contribution in [-0.4, -0.2) is 35.5 Å². The van der Waals surface area contributed by atoms with E-state index in [0.717, 1.165) is 6.07 Å². The van der Waals surface area contributed by atoms with Gasteiger partial charge in [-0.3, -0.25) is 14.9 Å². The second kappa shape index (κ2) is 7.27. The van der Waals surface area contributed by atoms with Gasteiger partial charge in [-0.15, -0.1) is 0 Å². The molecule has 0 radical (unpaired) electrons. The van der Waals surface area contributed by atoms with Gasteiger partial charge in [-0.2, -0.15) is 4.39 Å². The van der Waals surface area contributed by atoms with Crippen molar-refractivity contribution in [2.45, 2.75) is 6.17 Å². The van der Waals surface area contributed by atoms with Crippen LogP contribution in [0.25, 0.3) is 0 Å². The number of benzene rings is 1. The van der Waals surface area contributed by atoms with Gasteiger partial charge in [0.2, 0.25) is 11.1 Å². The molecule has 4 nitrogen and oxygen atoms in total. The summed E-state index contributed by atoms with van der Waals surface area (Å²) < 4.78 is 41.2. The number of hydrogen-bond acceptors (Lipinski definition) is 5. The van der Waals surface area contributed by atoms with E-state index >= 15 is 0 Å². The fourth-order valence-corrected chi connectivity index (χ4v) is 1.91. The molecule has 104 valence electrons. The molecule has 0 amide bonds. The normalized spacial score (nSPS) is 12.2. The van der Waals surface area contributed by atoms with Gasteiger partial charge in [0.05, 0.1) is 12.2 Å². The summed E-state index contributed by atoms with van der Waals surface area (Å²) in [5, 5.41) is 14.5. The van der Waals surface area contributed by atoms with Gasteiger partial charge in [0, 0.05) is 12.1 Å². The molecule has 0 saturated heterocycles. The van der Waals surface area contributed by atoms with E-state index in [4.69, 9.17) is 10.5 Å². The van der Waals surface area contributed by atoms with Crippen LogP contribution in [0.15, 0.2) is 18.2 Å². The molecule has 0 aliphatic carbocycles. The average molecular weight is 292 g/mol.